The number of carboxylic acid groups (broad SMARTS) is 2. The van der Waals surface area contributed by atoms with E-state index < -0.39 is 80.7 Å². The Bertz CT molecular complexity index is 1810. The predicted molar refractivity (Wildman–Crippen MR) is 138 cm³/mol. The first kappa shape index (κ1) is 28.2. The lowest BCUT2D eigenvalue weighted by molar-refractivity contribution is -0.173. The van der Waals surface area contributed by atoms with E-state index in [9.17, 15) is 52.2 Å². The van der Waals surface area contributed by atoms with Crippen LogP contribution in [0.25, 0.3) is 0 Å². The quantitative estimate of drug-likeness (QED) is 0.425. The standard InChI is InChI=1S/C29H19F3N2O8/c1-12-8-13(26(39)40)9-20(21(12)27(41)42)34-24(37)17-7-5-15(11-19(17)25(34)38)28(2,29(30,31)32)14-4-6-16-18(10-14)23(36)33(3)22(16)35/h4-11H,1-3H3,(H,39,40)(H,41,42). The van der Waals surface area contributed by atoms with Crippen LogP contribution in [-0.4, -0.2) is 63.9 Å². The van der Waals surface area contributed by atoms with Crippen molar-refractivity contribution in [3.63, 3.8) is 0 Å². The van der Waals surface area contributed by atoms with Crippen molar-refractivity contribution in [2.75, 3.05) is 11.9 Å². The van der Waals surface area contributed by atoms with Crippen molar-refractivity contribution in [2.24, 2.45) is 0 Å². The molecule has 1 atom stereocenters. The average molecular weight is 580 g/mol. The van der Waals surface area contributed by atoms with Crippen molar-refractivity contribution in [1.82, 2.24) is 4.90 Å². The number of hydrogen-bond acceptors (Lipinski definition) is 6. The number of amides is 4. The van der Waals surface area contributed by atoms with E-state index in [2.05, 4.69) is 0 Å². The number of nitrogens with zero attached hydrogens (tertiary/aromatic N) is 2. The molecule has 13 heteroatoms. The summed E-state index contributed by atoms with van der Waals surface area (Å²) < 4.78 is 44.4. The third-order valence-corrected chi connectivity index (χ3v) is 7.71. The normalized spacial score (nSPS) is 16.0. The Balaban J connectivity index is 1.67. The number of carbonyl (C=O) groups excluding carboxylic acids is 4. The number of alkyl halides is 3. The van der Waals surface area contributed by atoms with E-state index >= 15 is 0 Å². The van der Waals surface area contributed by atoms with E-state index in [4.69, 9.17) is 0 Å². The van der Waals surface area contributed by atoms with Gasteiger partial charge in [-0.25, -0.2) is 14.5 Å². The number of anilines is 1. The highest BCUT2D eigenvalue weighted by Crippen LogP contribution is 2.48. The maximum atomic E-state index is 14.8. The molecule has 5 rings (SSSR count). The molecule has 1 unspecified atom stereocenters. The van der Waals surface area contributed by atoms with Crippen LogP contribution < -0.4 is 4.90 Å². The molecular weight excluding hydrogens is 561 g/mol. The Kier molecular flexibility index (Phi) is 6.11. The van der Waals surface area contributed by atoms with Gasteiger partial charge in [0.1, 0.15) is 5.41 Å². The summed E-state index contributed by atoms with van der Waals surface area (Å²) >= 11 is 0. The van der Waals surface area contributed by atoms with Gasteiger partial charge < -0.3 is 10.2 Å². The second-order valence-corrected chi connectivity index (χ2v) is 10.1. The molecule has 2 aliphatic heterocycles. The largest absolute Gasteiger partial charge is 0.478 e. The fourth-order valence-electron chi connectivity index (χ4n) is 5.28. The molecule has 0 radical (unpaired) electrons. The number of aromatic carboxylic acids is 2. The number of benzene rings is 3. The predicted octanol–water partition coefficient (Wildman–Crippen LogP) is 4.29. The monoisotopic (exact) mass is 580 g/mol. The molecule has 2 aliphatic rings. The van der Waals surface area contributed by atoms with Gasteiger partial charge in [0.25, 0.3) is 23.6 Å². The lowest BCUT2D eigenvalue weighted by Gasteiger charge is -2.33. The number of hydrogen-bond donors (Lipinski definition) is 2. The van der Waals surface area contributed by atoms with Gasteiger partial charge in [-0.1, -0.05) is 12.1 Å². The van der Waals surface area contributed by atoms with Crippen LogP contribution in [0.1, 0.15) is 85.8 Å². The summed E-state index contributed by atoms with van der Waals surface area (Å²) in [5.41, 5.74) is -6.32. The van der Waals surface area contributed by atoms with Crippen LogP contribution in [0.4, 0.5) is 18.9 Å². The molecule has 0 aromatic heterocycles. The minimum Gasteiger partial charge on any atom is -0.478 e. The highest BCUT2D eigenvalue weighted by atomic mass is 19.4. The van der Waals surface area contributed by atoms with Crippen molar-refractivity contribution in [2.45, 2.75) is 25.4 Å². The summed E-state index contributed by atoms with van der Waals surface area (Å²) in [5.74, 6) is -6.67. The Morgan fingerprint density at radius 2 is 1.19 bits per heavy atom. The Labute approximate surface area is 234 Å². The van der Waals surface area contributed by atoms with Gasteiger partial charge in [0.15, 0.2) is 0 Å². The minimum atomic E-state index is -5.00. The zero-order valence-corrected chi connectivity index (χ0v) is 22.0. The zero-order chi connectivity index (χ0) is 31.0. The third kappa shape index (κ3) is 3.80. The van der Waals surface area contributed by atoms with Crippen molar-refractivity contribution in [1.29, 1.82) is 0 Å². The van der Waals surface area contributed by atoms with Crippen LogP contribution in [0.5, 0.6) is 0 Å². The van der Waals surface area contributed by atoms with E-state index in [0.29, 0.717) is 4.90 Å². The van der Waals surface area contributed by atoms with Crippen molar-refractivity contribution < 1.29 is 52.2 Å². The number of carboxylic acids is 2. The molecule has 0 aliphatic carbocycles. The summed E-state index contributed by atoms with van der Waals surface area (Å²) in [6.45, 7) is 2.10. The molecule has 0 saturated heterocycles. The number of rotatable bonds is 5. The van der Waals surface area contributed by atoms with E-state index in [1.807, 2.05) is 0 Å². The van der Waals surface area contributed by atoms with Crippen molar-refractivity contribution in [3.8, 4) is 0 Å². The summed E-state index contributed by atoms with van der Waals surface area (Å²) in [5, 5.41) is 19.2. The van der Waals surface area contributed by atoms with E-state index in [-0.39, 0.29) is 22.3 Å². The average Bonchev–Trinajstić information content (AvgIpc) is 3.30. The zero-order valence-electron chi connectivity index (χ0n) is 22.0. The molecule has 10 nitrogen and oxygen atoms in total. The topological polar surface area (TPSA) is 149 Å². The van der Waals surface area contributed by atoms with E-state index in [1.54, 1.807) is 0 Å². The molecule has 2 N–H and O–H groups in total. The van der Waals surface area contributed by atoms with Gasteiger partial charge in [-0.2, -0.15) is 13.2 Å². The Hall–Kier alpha value is -5.33. The fraction of sp³-hybridized carbons (Fsp3) is 0.172. The minimum absolute atomic E-state index is 0.0606. The molecule has 0 saturated carbocycles. The van der Waals surface area contributed by atoms with Crippen LogP contribution in [0.15, 0.2) is 48.5 Å². The van der Waals surface area contributed by atoms with Gasteiger partial charge in [0.05, 0.1) is 39.1 Å². The molecule has 0 spiro atoms. The second kappa shape index (κ2) is 9.09. The molecule has 214 valence electrons. The molecule has 3 aromatic rings. The third-order valence-electron chi connectivity index (χ3n) is 7.71. The number of aryl methyl sites for hydroxylation is 1. The maximum absolute atomic E-state index is 14.8. The van der Waals surface area contributed by atoms with Crippen LogP contribution in [0, 0.1) is 6.92 Å². The van der Waals surface area contributed by atoms with Crippen LogP contribution in [0.3, 0.4) is 0 Å². The highest BCUT2D eigenvalue weighted by molar-refractivity contribution is 6.35. The number of fused-ring (bicyclic) bond motifs is 2. The molecule has 3 aromatic carbocycles. The van der Waals surface area contributed by atoms with Crippen molar-refractivity contribution >= 4 is 41.3 Å². The SMILES string of the molecule is Cc1cc(C(=O)O)cc(N2C(=O)c3ccc(C(C)(c4ccc5c(c4)C(=O)N(C)C5=O)C(F)(F)F)cc3C2=O)c1C(=O)O. The number of halogens is 3. The molecular formula is C29H19F3N2O8. The van der Waals surface area contributed by atoms with E-state index in [0.717, 1.165) is 60.4 Å². The highest BCUT2D eigenvalue weighted by Gasteiger charge is 2.55. The molecule has 0 bridgehead atoms. The van der Waals surface area contributed by atoms with Crippen LogP contribution in [-0.2, 0) is 5.41 Å². The Morgan fingerprint density at radius 3 is 1.69 bits per heavy atom. The van der Waals surface area contributed by atoms with Gasteiger partial charge in [-0.3, -0.25) is 24.1 Å². The summed E-state index contributed by atoms with van der Waals surface area (Å²) in [4.78, 5) is 76.4. The first-order valence-corrected chi connectivity index (χ1v) is 12.2. The fourth-order valence-corrected chi connectivity index (χ4v) is 5.28. The first-order valence-electron chi connectivity index (χ1n) is 12.2. The van der Waals surface area contributed by atoms with Crippen molar-refractivity contribution in [3.05, 3.63) is 98.6 Å². The van der Waals surface area contributed by atoms with Crippen LogP contribution >= 0.6 is 0 Å². The number of carbonyl (C=O) groups is 6. The van der Waals surface area contributed by atoms with Gasteiger partial charge in [-0.15, -0.1) is 0 Å². The summed E-state index contributed by atoms with van der Waals surface area (Å²) in [6, 6.07) is 7.88. The van der Waals surface area contributed by atoms with Crippen LogP contribution in [0.2, 0.25) is 0 Å². The first-order chi connectivity index (χ1) is 19.5. The van der Waals surface area contributed by atoms with Gasteiger partial charge in [0.2, 0.25) is 0 Å². The molecule has 2 heterocycles. The smallest absolute Gasteiger partial charge is 0.402 e. The van der Waals surface area contributed by atoms with Gasteiger partial charge in [0, 0.05) is 7.05 Å². The lowest BCUT2D eigenvalue weighted by atomic mass is 9.74. The summed E-state index contributed by atoms with van der Waals surface area (Å²) in [7, 11) is 1.20. The molecule has 42 heavy (non-hydrogen) atoms. The molecule has 4 amide bonds. The maximum Gasteiger partial charge on any atom is 0.402 e. The number of imide groups is 2. The summed E-state index contributed by atoms with van der Waals surface area (Å²) in [6.07, 6.45) is -5.00. The molecule has 0 fully saturated rings. The lowest BCUT2D eigenvalue weighted by Crippen LogP contribution is -2.41. The van der Waals surface area contributed by atoms with Gasteiger partial charge >= 0.3 is 18.1 Å². The Morgan fingerprint density at radius 1 is 0.714 bits per heavy atom. The second-order valence-electron chi connectivity index (χ2n) is 10.1. The van der Waals surface area contributed by atoms with Gasteiger partial charge in [-0.05, 0) is 66.9 Å². The van der Waals surface area contributed by atoms with E-state index in [1.165, 1.54) is 14.0 Å².